The van der Waals surface area contributed by atoms with Gasteiger partial charge in [0.1, 0.15) is 5.54 Å². The number of halogens is 1. The zero-order chi connectivity index (χ0) is 11.8. The summed E-state index contributed by atoms with van der Waals surface area (Å²) in [5, 5.41) is 2.63. The zero-order valence-corrected chi connectivity index (χ0v) is 9.46. The summed E-state index contributed by atoms with van der Waals surface area (Å²) in [6.45, 7) is 1.74. The summed E-state index contributed by atoms with van der Waals surface area (Å²) >= 11 is 0. The second-order valence-corrected chi connectivity index (χ2v) is 4.69. The third-order valence-corrected chi connectivity index (χ3v) is 3.61. The predicted octanol–water partition coefficient (Wildman–Crippen LogP) is 0.473. The first-order chi connectivity index (χ1) is 7.60. The van der Waals surface area contributed by atoms with Gasteiger partial charge in [-0.2, -0.15) is 0 Å². The Morgan fingerprint density at radius 3 is 2.75 bits per heavy atom. The largest absolute Gasteiger partial charge is 0.345 e. The molecule has 2 aliphatic rings. The lowest BCUT2D eigenvalue weighted by Gasteiger charge is -2.43. The van der Waals surface area contributed by atoms with Gasteiger partial charge in [0.25, 0.3) is 0 Å². The first kappa shape index (κ1) is 11.4. The Hall–Kier alpha value is -1.13. The number of hydrogen-bond acceptors (Lipinski definition) is 2. The van der Waals surface area contributed by atoms with Gasteiger partial charge in [0.2, 0.25) is 11.8 Å². The van der Waals surface area contributed by atoms with Crippen LogP contribution in [0.1, 0.15) is 26.2 Å². The highest BCUT2D eigenvalue weighted by molar-refractivity contribution is 5.98. The number of nitrogens with one attached hydrogen (secondary N) is 1. The van der Waals surface area contributed by atoms with Crippen LogP contribution in [0.3, 0.4) is 0 Å². The fourth-order valence-electron chi connectivity index (χ4n) is 2.44. The third-order valence-electron chi connectivity index (χ3n) is 3.61. The van der Waals surface area contributed by atoms with E-state index in [4.69, 9.17) is 0 Å². The van der Waals surface area contributed by atoms with Gasteiger partial charge in [0, 0.05) is 6.54 Å². The molecule has 90 valence electrons. The van der Waals surface area contributed by atoms with Crippen molar-refractivity contribution in [2.24, 2.45) is 5.92 Å². The van der Waals surface area contributed by atoms with Gasteiger partial charge in [-0.3, -0.25) is 14.0 Å². The molecule has 4 nitrogen and oxygen atoms in total. The van der Waals surface area contributed by atoms with E-state index in [2.05, 4.69) is 5.32 Å². The van der Waals surface area contributed by atoms with Crippen molar-refractivity contribution in [3.63, 3.8) is 0 Å². The Morgan fingerprint density at radius 2 is 2.19 bits per heavy atom. The Balaban J connectivity index is 2.19. The van der Waals surface area contributed by atoms with E-state index in [1.165, 1.54) is 0 Å². The predicted molar refractivity (Wildman–Crippen MR) is 56.4 cm³/mol. The summed E-state index contributed by atoms with van der Waals surface area (Å²) in [5.74, 6) is 0.0623. The van der Waals surface area contributed by atoms with E-state index in [1.54, 1.807) is 11.8 Å². The maximum absolute atomic E-state index is 12.2. The molecule has 1 unspecified atom stereocenters. The van der Waals surface area contributed by atoms with Crippen LogP contribution in [-0.2, 0) is 9.59 Å². The summed E-state index contributed by atoms with van der Waals surface area (Å²) in [7, 11) is 0. The van der Waals surface area contributed by atoms with Crippen LogP contribution in [0.5, 0.6) is 0 Å². The van der Waals surface area contributed by atoms with Crippen molar-refractivity contribution >= 4 is 11.8 Å². The molecule has 16 heavy (non-hydrogen) atoms. The number of hydrogen-bond donors (Lipinski definition) is 1. The zero-order valence-electron chi connectivity index (χ0n) is 9.46. The first-order valence-corrected chi connectivity index (χ1v) is 5.75. The topological polar surface area (TPSA) is 49.4 Å². The van der Waals surface area contributed by atoms with Crippen LogP contribution in [0, 0.1) is 5.92 Å². The molecule has 1 N–H and O–H groups in total. The molecule has 0 aromatic carbocycles. The molecular formula is C11H17FN2O2. The second kappa shape index (κ2) is 4.03. The number of carbonyl (C=O) groups excluding carboxylic acids is 2. The summed E-state index contributed by atoms with van der Waals surface area (Å²) in [6.07, 6.45) is 2.26. The molecule has 0 radical (unpaired) electrons. The third kappa shape index (κ3) is 1.68. The van der Waals surface area contributed by atoms with Crippen LogP contribution in [0.2, 0.25) is 0 Å². The molecule has 1 aliphatic carbocycles. The number of amides is 2. The second-order valence-electron chi connectivity index (χ2n) is 4.69. The number of alkyl halides is 1. The lowest BCUT2D eigenvalue weighted by molar-refractivity contribution is -0.154. The van der Waals surface area contributed by atoms with Crippen LogP contribution in [-0.4, -0.2) is 42.0 Å². The van der Waals surface area contributed by atoms with Crippen molar-refractivity contribution in [2.75, 3.05) is 19.8 Å². The highest BCUT2D eigenvalue weighted by Gasteiger charge is 2.54. The normalized spacial score (nSPS) is 30.5. The lowest BCUT2D eigenvalue weighted by atomic mass is 9.89. The van der Waals surface area contributed by atoms with Gasteiger partial charge in [-0.25, -0.2) is 0 Å². The standard InChI is InChI=1S/C11H17FN2O2/c1-11(8-3-4-8)10(16)13-7-9(15)14(11)6-2-5-12/h8H,2-7H2,1H3,(H,13,16). The number of piperazine rings is 1. The molecular weight excluding hydrogens is 211 g/mol. The minimum absolute atomic E-state index is 0.0490. The average molecular weight is 228 g/mol. The molecule has 1 aliphatic heterocycles. The maximum atomic E-state index is 12.2. The molecule has 1 saturated heterocycles. The highest BCUT2D eigenvalue weighted by Crippen LogP contribution is 2.44. The SMILES string of the molecule is CC1(C2CC2)C(=O)NCC(=O)N1CCCF. The molecule has 0 aromatic rings. The van der Waals surface area contributed by atoms with Gasteiger partial charge < -0.3 is 10.2 Å². The maximum Gasteiger partial charge on any atom is 0.246 e. The summed E-state index contributed by atoms with van der Waals surface area (Å²) in [5.41, 5.74) is -0.746. The molecule has 0 aromatic heterocycles. The molecule has 1 atom stereocenters. The van der Waals surface area contributed by atoms with Crippen molar-refractivity contribution in [3.05, 3.63) is 0 Å². The number of nitrogens with zero attached hydrogens (tertiary/aromatic N) is 1. The van der Waals surface area contributed by atoms with Crippen LogP contribution in [0.4, 0.5) is 4.39 Å². The van der Waals surface area contributed by atoms with Crippen molar-refractivity contribution in [2.45, 2.75) is 31.7 Å². The minimum Gasteiger partial charge on any atom is -0.345 e. The molecule has 0 bridgehead atoms. The van der Waals surface area contributed by atoms with Gasteiger partial charge >= 0.3 is 0 Å². The molecule has 2 rings (SSSR count). The summed E-state index contributed by atoms with van der Waals surface area (Å²) < 4.78 is 12.2. The van der Waals surface area contributed by atoms with E-state index in [0.29, 0.717) is 13.0 Å². The fraction of sp³-hybridized carbons (Fsp3) is 0.818. The Bertz CT molecular complexity index is 317. The van der Waals surface area contributed by atoms with Crippen LogP contribution in [0.25, 0.3) is 0 Å². The van der Waals surface area contributed by atoms with Crippen LogP contribution >= 0.6 is 0 Å². The summed E-state index contributed by atoms with van der Waals surface area (Å²) in [4.78, 5) is 25.3. The quantitative estimate of drug-likeness (QED) is 0.760. The van der Waals surface area contributed by atoms with Crippen molar-refractivity contribution in [3.8, 4) is 0 Å². The average Bonchev–Trinajstić information content (AvgIpc) is 3.08. The summed E-state index contributed by atoms with van der Waals surface area (Å²) in [6, 6.07) is 0. The molecule has 1 saturated carbocycles. The van der Waals surface area contributed by atoms with E-state index in [0.717, 1.165) is 12.8 Å². The smallest absolute Gasteiger partial charge is 0.246 e. The van der Waals surface area contributed by atoms with Gasteiger partial charge in [0.15, 0.2) is 0 Å². The van der Waals surface area contributed by atoms with Gasteiger partial charge in [-0.05, 0) is 32.1 Å². The van der Waals surface area contributed by atoms with Crippen LogP contribution < -0.4 is 5.32 Å². The van der Waals surface area contributed by atoms with Crippen LogP contribution in [0.15, 0.2) is 0 Å². The van der Waals surface area contributed by atoms with Crippen molar-refractivity contribution in [1.82, 2.24) is 10.2 Å². The number of rotatable bonds is 4. The van der Waals surface area contributed by atoms with Gasteiger partial charge in [-0.15, -0.1) is 0 Å². The highest BCUT2D eigenvalue weighted by atomic mass is 19.1. The van der Waals surface area contributed by atoms with E-state index >= 15 is 0 Å². The van der Waals surface area contributed by atoms with Gasteiger partial charge in [0.05, 0.1) is 13.2 Å². The van der Waals surface area contributed by atoms with E-state index in [1.807, 2.05) is 0 Å². The van der Waals surface area contributed by atoms with Crippen molar-refractivity contribution < 1.29 is 14.0 Å². The molecule has 2 fully saturated rings. The minimum atomic E-state index is -0.746. The Morgan fingerprint density at radius 1 is 1.50 bits per heavy atom. The lowest BCUT2D eigenvalue weighted by Crippen LogP contribution is -2.67. The number of carbonyl (C=O) groups is 2. The van der Waals surface area contributed by atoms with E-state index in [9.17, 15) is 14.0 Å². The Labute approximate surface area is 94.2 Å². The fourth-order valence-corrected chi connectivity index (χ4v) is 2.44. The first-order valence-electron chi connectivity index (χ1n) is 5.75. The van der Waals surface area contributed by atoms with Crippen molar-refractivity contribution in [1.29, 1.82) is 0 Å². The van der Waals surface area contributed by atoms with E-state index in [-0.39, 0.29) is 24.3 Å². The Kier molecular flexibility index (Phi) is 2.86. The molecule has 1 heterocycles. The molecule has 5 heteroatoms. The van der Waals surface area contributed by atoms with E-state index < -0.39 is 12.2 Å². The van der Waals surface area contributed by atoms with Gasteiger partial charge in [-0.1, -0.05) is 0 Å². The molecule has 2 amide bonds. The molecule has 0 spiro atoms. The monoisotopic (exact) mass is 228 g/mol.